The number of benzene rings is 2. The largest absolute Gasteiger partial charge is 0.369 e. The number of hydrogen-bond donors (Lipinski definition) is 2. The molecular weight excluding hydrogens is 396 g/mol. The van der Waals surface area contributed by atoms with Crippen molar-refractivity contribution in [3.63, 3.8) is 0 Å². The van der Waals surface area contributed by atoms with E-state index in [1.807, 2.05) is 47.3 Å². The van der Waals surface area contributed by atoms with Crippen molar-refractivity contribution in [3.05, 3.63) is 83.1 Å². The lowest BCUT2D eigenvalue weighted by Gasteiger charge is -2.20. The molecule has 1 unspecified atom stereocenters. The lowest BCUT2D eigenvalue weighted by Crippen LogP contribution is -2.44. The van der Waals surface area contributed by atoms with E-state index in [0.717, 1.165) is 42.6 Å². The van der Waals surface area contributed by atoms with E-state index in [4.69, 9.17) is 11.6 Å². The first-order chi connectivity index (χ1) is 14.7. The first-order valence-electron chi connectivity index (χ1n) is 10.2. The van der Waals surface area contributed by atoms with Crippen LogP contribution in [-0.2, 0) is 13.1 Å². The Morgan fingerprint density at radius 3 is 2.83 bits per heavy atom. The second-order valence-electron chi connectivity index (χ2n) is 7.51. The third-order valence-electron chi connectivity index (χ3n) is 5.26. The summed E-state index contributed by atoms with van der Waals surface area (Å²) in [4.78, 5) is 6.73. The standard InChI is InChI=1S/C23H27ClN6/c1-25-23(28-21-10-11-29(17-21)22-9-5-8-20(24)12-22)26-13-19-14-27-30(16-19)15-18-6-3-2-4-7-18/h2-9,12,14,16,21H,10-11,13,15,17H2,1H3,(H2,25,26,28). The summed E-state index contributed by atoms with van der Waals surface area (Å²) < 4.78 is 1.96. The van der Waals surface area contributed by atoms with Gasteiger partial charge in [-0.15, -0.1) is 0 Å². The molecular formula is C23H27ClN6. The van der Waals surface area contributed by atoms with Crippen LogP contribution in [0.15, 0.2) is 72.0 Å². The fourth-order valence-electron chi connectivity index (χ4n) is 3.71. The topological polar surface area (TPSA) is 57.5 Å². The van der Waals surface area contributed by atoms with Gasteiger partial charge in [-0.3, -0.25) is 9.67 Å². The predicted molar refractivity (Wildman–Crippen MR) is 123 cm³/mol. The highest BCUT2D eigenvalue weighted by atomic mass is 35.5. The van der Waals surface area contributed by atoms with Gasteiger partial charge in [0.25, 0.3) is 0 Å². The van der Waals surface area contributed by atoms with Gasteiger partial charge in [0.15, 0.2) is 5.96 Å². The van der Waals surface area contributed by atoms with E-state index in [1.165, 1.54) is 11.3 Å². The number of rotatable bonds is 6. The molecule has 1 fully saturated rings. The molecule has 3 aromatic rings. The summed E-state index contributed by atoms with van der Waals surface area (Å²) in [6.45, 7) is 3.38. The zero-order chi connectivity index (χ0) is 20.8. The van der Waals surface area contributed by atoms with E-state index in [9.17, 15) is 0 Å². The minimum Gasteiger partial charge on any atom is -0.369 e. The number of guanidine groups is 1. The highest BCUT2D eigenvalue weighted by Crippen LogP contribution is 2.23. The fourth-order valence-corrected chi connectivity index (χ4v) is 3.90. The maximum Gasteiger partial charge on any atom is 0.191 e. The zero-order valence-electron chi connectivity index (χ0n) is 17.1. The van der Waals surface area contributed by atoms with Crippen molar-refractivity contribution in [3.8, 4) is 0 Å². The SMILES string of the molecule is CN=C(NCc1cnn(Cc2ccccc2)c1)NC1CCN(c2cccc(Cl)c2)C1. The first kappa shape index (κ1) is 20.3. The van der Waals surface area contributed by atoms with Gasteiger partial charge >= 0.3 is 0 Å². The van der Waals surface area contributed by atoms with E-state index in [1.54, 1.807) is 7.05 Å². The van der Waals surface area contributed by atoms with Gasteiger partial charge in [0, 0.05) is 55.2 Å². The Bertz CT molecular complexity index is 984. The molecule has 0 saturated carbocycles. The molecule has 156 valence electrons. The summed E-state index contributed by atoms with van der Waals surface area (Å²) in [5.74, 6) is 0.809. The summed E-state index contributed by atoms with van der Waals surface area (Å²) in [6, 6.07) is 18.7. The Morgan fingerprint density at radius 1 is 1.17 bits per heavy atom. The zero-order valence-corrected chi connectivity index (χ0v) is 17.9. The number of nitrogens with zero attached hydrogens (tertiary/aromatic N) is 4. The second kappa shape index (κ2) is 9.67. The van der Waals surface area contributed by atoms with E-state index in [2.05, 4.69) is 50.0 Å². The highest BCUT2D eigenvalue weighted by molar-refractivity contribution is 6.30. The van der Waals surface area contributed by atoms with Crippen molar-refractivity contribution in [1.82, 2.24) is 20.4 Å². The molecule has 2 N–H and O–H groups in total. The molecule has 0 radical (unpaired) electrons. The van der Waals surface area contributed by atoms with Crippen LogP contribution in [0, 0.1) is 0 Å². The number of aliphatic imine (C=N–C) groups is 1. The monoisotopic (exact) mass is 422 g/mol. The lowest BCUT2D eigenvalue weighted by atomic mass is 10.2. The third kappa shape index (κ3) is 5.33. The third-order valence-corrected chi connectivity index (χ3v) is 5.50. The Hall–Kier alpha value is -2.99. The van der Waals surface area contributed by atoms with E-state index in [0.29, 0.717) is 12.6 Å². The summed E-state index contributed by atoms with van der Waals surface area (Å²) in [5.41, 5.74) is 3.53. The summed E-state index contributed by atoms with van der Waals surface area (Å²) in [5, 5.41) is 12.2. The van der Waals surface area contributed by atoms with Gasteiger partial charge in [-0.1, -0.05) is 48.0 Å². The molecule has 6 nitrogen and oxygen atoms in total. The van der Waals surface area contributed by atoms with Crippen molar-refractivity contribution >= 4 is 23.2 Å². The molecule has 1 aromatic heterocycles. The van der Waals surface area contributed by atoms with E-state index in [-0.39, 0.29) is 0 Å². The molecule has 4 rings (SSSR count). The van der Waals surface area contributed by atoms with Crippen LogP contribution in [0.1, 0.15) is 17.5 Å². The molecule has 0 amide bonds. The van der Waals surface area contributed by atoms with Crippen LogP contribution >= 0.6 is 11.6 Å². The first-order valence-corrected chi connectivity index (χ1v) is 10.6. The second-order valence-corrected chi connectivity index (χ2v) is 7.95. The van der Waals surface area contributed by atoms with Gasteiger partial charge in [0.05, 0.1) is 12.7 Å². The molecule has 2 heterocycles. The average Bonchev–Trinajstić information content (AvgIpc) is 3.41. The van der Waals surface area contributed by atoms with Crippen molar-refractivity contribution in [1.29, 1.82) is 0 Å². The molecule has 1 atom stereocenters. The van der Waals surface area contributed by atoms with Crippen LogP contribution in [0.3, 0.4) is 0 Å². The van der Waals surface area contributed by atoms with Crippen LogP contribution in [0.4, 0.5) is 5.69 Å². The van der Waals surface area contributed by atoms with Crippen LogP contribution in [0.2, 0.25) is 5.02 Å². The van der Waals surface area contributed by atoms with Crippen LogP contribution < -0.4 is 15.5 Å². The van der Waals surface area contributed by atoms with Crippen molar-refractivity contribution < 1.29 is 0 Å². The normalized spacial score (nSPS) is 16.7. The van der Waals surface area contributed by atoms with Gasteiger partial charge in [-0.2, -0.15) is 5.10 Å². The van der Waals surface area contributed by atoms with E-state index < -0.39 is 0 Å². The Morgan fingerprint density at radius 2 is 2.03 bits per heavy atom. The molecule has 1 aliphatic heterocycles. The van der Waals surface area contributed by atoms with Gasteiger partial charge in [0.1, 0.15) is 0 Å². The van der Waals surface area contributed by atoms with Gasteiger partial charge < -0.3 is 15.5 Å². The van der Waals surface area contributed by atoms with Crippen LogP contribution in [0.25, 0.3) is 0 Å². The molecule has 30 heavy (non-hydrogen) atoms. The molecule has 1 aliphatic rings. The number of aromatic nitrogens is 2. The molecule has 2 aromatic carbocycles. The number of halogens is 1. The molecule has 0 spiro atoms. The van der Waals surface area contributed by atoms with Crippen LogP contribution in [0.5, 0.6) is 0 Å². The quantitative estimate of drug-likeness (QED) is 0.471. The van der Waals surface area contributed by atoms with Crippen LogP contribution in [-0.4, -0.2) is 41.9 Å². The fraction of sp³-hybridized carbons (Fsp3) is 0.304. The summed E-state index contributed by atoms with van der Waals surface area (Å²) in [7, 11) is 1.80. The Labute approximate surface area is 182 Å². The maximum absolute atomic E-state index is 6.13. The van der Waals surface area contributed by atoms with Crippen molar-refractivity contribution in [2.75, 3.05) is 25.0 Å². The average molecular weight is 423 g/mol. The maximum atomic E-state index is 6.13. The summed E-state index contributed by atoms with van der Waals surface area (Å²) >= 11 is 6.13. The number of hydrogen-bond acceptors (Lipinski definition) is 3. The predicted octanol–water partition coefficient (Wildman–Crippen LogP) is 3.53. The molecule has 7 heteroatoms. The van der Waals surface area contributed by atoms with Gasteiger partial charge in [0.2, 0.25) is 0 Å². The molecule has 0 aliphatic carbocycles. The smallest absolute Gasteiger partial charge is 0.191 e. The number of nitrogens with one attached hydrogen (secondary N) is 2. The minimum absolute atomic E-state index is 0.344. The Balaban J connectivity index is 1.27. The van der Waals surface area contributed by atoms with Crippen molar-refractivity contribution in [2.45, 2.75) is 25.6 Å². The minimum atomic E-state index is 0.344. The molecule has 1 saturated heterocycles. The number of anilines is 1. The van der Waals surface area contributed by atoms with E-state index >= 15 is 0 Å². The van der Waals surface area contributed by atoms with Gasteiger partial charge in [-0.25, -0.2) is 0 Å². The lowest BCUT2D eigenvalue weighted by molar-refractivity contribution is 0.648. The van der Waals surface area contributed by atoms with Crippen molar-refractivity contribution in [2.24, 2.45) is 4.99 Å². The highest BCUT2D eigenvalue weighted by Gasteiger charge is 2.23. The Kier molecular flexibility index (Phi) is 6.54. The summed E-state index contributed by atoms with van der Waals surface area (Å²) in [6.07, 6.45) is 5.03. The van der Waals surface area contributed by atoms with Gasteiger partial charge in [-0.05, 0) is 30.2 Å². The molecule has 0 bridgehead atoms.